The maximum atomic E-state index is 11.6. The molecular formula is C12H16O4. The number of allylic oxidation sites excluding steroid dienone is 1. The minimum absolute atomic E-state index is 0.00632. The Bertz CT molecular complexity index is 369. The van der Waals surface area contributed by atoms with Crippen molar-refractivity contribution in [2.75, 3.05) is 13.2 Å². The lowest BCUT2D eigenvalue weighted by atomic mass is 9.77. The van der Waals surface area contributed by atoms with Crippen LogP contribution in [0.1, 0.15) is 19.8 Å². The smallest absolute Gasteiger partial charge is 0.320 e. The number of hydrogen-bond donors (Lipinski definition) is 2. The van der Waals surface area contributed by atoms with Crippen molar-refractivity contribution in [3.05, 3.63) is 23.3 Å². The van der Waals surface area contributed by atoms with Crippen molar-refractivity contribution in [3.8, 4) is 0 Å². The zero-order valence-corrected chi connectivity index (χ0v) is 9.27. The van der Waals surface area contributed by atoms with E-state index in [2.05, 4.69) is 0 Å². The van der Waals surface area contributed by atoms with Crippen LogP contribution in [-0.4, -0.2) is 35.5 Å². The van der Waals surface area contributed by atoms with Crippen LogP contribution in [0.5, 0.6) is 0 Å². The molecule has 1 aliphatic heterocycles. The van der Waals surface area contributed by atoms with E-state index in [4.69, 9.17) is 14.9 Å². The standard InChI is InChI=1S/C12H16O4/c1-8(6-13)2-3-12-5-9(7-14)4-10(12)16-11(12)15/h2,5,10,13-14H,3-4,6-7H2,1H3. The van der Waals surface area contributed by atoms with E-state index in [0.29, 0.717) is 12.8 Å². The largest absolute Gasteiger partial charge is 0.460 e. The van der Waals surface area contributed by atoms with Crippen LogP contribution in [0.15, 0.2) is 23.3 Å². The van der Waals surface area contributed by atoms with Gasteiger partial charge in [-0.1, -0.05) is 17.7 Å². The molecular weight excluding hydrogens is 208 g/mol. The van der Waals surface area contributed by atoms with Crippen LogP contribution in [0.3, 0.4) is 0 Å². The lowest BCUT2D eigenvalue weighted by molar-refractivity contribution is -0.194. The number of ether oxygens (including phenoxy) is 1. The zero-order valence-electron chi connectivity index (χ0n) is 9.27. The molecule has 0 bridgehead atoms. The molecule has 0 amide bonds. The van der Waals surface area contributed by atoms with Crippen molar-refractivity contribution in [1.29, 1.82) is 0 Å². The number of aliphatic hydroxyl groups is 2. The lowest BCUT2D eigenvalue weighted by Gasteiger charge is -2.41. The Balaban J connectivity index is 2.16. The van der Waals surface area contributed by atoms with Gasteiger partial charge in [-0.2, -0.15) is 0 Å². The lowest BCUT2D eigenvalue weighted by Crippen LogP contribution is -2.52. The fraction of sp³-hybridized carbons (Fsp3) is 0.583. The highest BCUT2D eigenvalue weighted by Gasteiger charge is 2.58. The van der Waals surface area contributed by atoms with Gasteiger partial charge in [0.05, 0.1) is 13.2 Å². The molecule has 16 heavy (non-hydrogen) atoms. The van der Waals surface area contributed by atoms with Crippen LogP contribution in [0.4, 0.5) is 0 Å². The Morgan fingerprint density at radius 3 is 3.00 bits per heavy atom. The highest BCUT2D eigenvalue weighted by molar-refractivity contribution is 5.87. The molecule has 0 aromatic rings. The van der Waals surface area contributed by atoms with Crippen LogP contribution in [-0.2, 0) is 9.53 Å². The summed E-state index contributed by atoms with van der Waals surface area (Å²) < 4.78 is 5.07. The molecule has 1 heterocycles. The second-order valence-electron chi connectivity index (χ2n) is 4.51. The maximum Gasteiger partial charge on any atom is 0.320 e. The number of esters is 1. The molecule has 0 radical (unpaired) electrons. The van der Waals surface area contributed by atoms with E-state index in [1.807, 2.05) is 19.1 Å². The molecule has 2 rings (SSSR count). The average Bonchev–Trinajstić information content (AvgIpc) is 2.59. The average molecular weight is 224 g/mol. The molecule has 4 nitrogen and oxygen atoms in total. The third-order valence-corrected chi connectivity index (χ3v) is 3.35. The number of aliphatic hydroxyl groups excluding tert-OH is 2. The van der Waals surface area contributed by atoms with Crippen molar-refractivity contribution in [3.63, 3.8) is 0 Å². The van der Waals surface area contributed by atoms with E-state index in [0.717, 1.165) is 11.1 Å². The Kier molecular flexibility index (Phi) is 2.86. The molecule has 2 atom stereocenters. The number of carbonyl (C=O) groups is 1. The summed E-state index contributed by atoms with van der Waals surface area (Å²) in [7, 11) is 0. The van der Waals surface area contributed by atoms with E-state index in [-0.39, 0.29) is 25.3 Å². The third-order valence-electron chi connectivity index (χ3n) is 3.35. The summed E-state index contributed by atoms with van der Waals surface area (Å²) in [6.07, 6.45) is 4.76. The SMILES string of the molecule is CC(=CCC12C=C(CO)CC1OC2=O)CO. The molecule has 0 aromatic carbocycles. The fourth-order valence-electron chi connectivity index (χ4n) is 2.25. The Morgan fingerprint density at radius 1 is 1.69 bits per heavy atom. The topological polar surface area (TPSA) is 66.8 Å². The van der Waals surface area contributed by atoms with Crippen LogP contribution in [0.25, 0.3) is 0 Å². The molecule has 1 saturated heterocycles. The number of carbonyl (C=O) groups excluding carboxylic acids is 1. The molecule has 88 valence electrons. The first-order valence-electron chi connectivity index (χ1n) is 5.41. The predicted octanol–water partition coefficient (Wildman–Crippen LogP) is 0.549. The van der Waals surface area contributed by atoms with Gasteiger partial charge in [0.2, 0.25) is 0 Å². The van der Waals surface area contributed by atoms with Gasteiger partial charge >= 0.3 is 5.97 Å². The Hall–Kier alpha value is -1.13. The summed E-state index contributed by atoms with van der Waals surface area (Å²) in [5, 5.41) is 18.0. The van der Waals surface area contributed by atoms with Crippen molar-refractivity contribution >= 4 is 5.97 Å². The molecule has 1 aliphatic carbocycles. The van der Waals surface area contributed by atoms with Crippen molar-refractivity contribution in [2.45, 2.75) is 25.9 Å². The molecule has 2 N–H and O–H groups in total. The van der Waals surface area contributed by atoms with Crippen molar-refractivity contribution < 1.29 is 19.7 Å². The van der Waals surface area contributed by atoms with Gasteiger partial charge in [0, 0.05) is 6.42 Å². The summed E-state index contributed by atoms with van der Waals surface area (Å²) in [4.78, 5) is 11.6. The Labute approximate surface area is 94.2 Å². The van der Waals surface area contributed by atoms with Gasteiger partial charge in [-0.15, -0.1) is 0 Å². The second-order valence-corrected chi connectivity index (χ2v) is 4.51. The van der Waals surface area contributed by atoms with Crippen LogP contribution < -0.4 is 0 Å². The minimum Gasteiger partial charge on any atom is -0.460 e. The minimum atomic E-state index is -0.575. The predicted molar refractivity (Wildman–Crippen MR) is 57.6 cm³/mol. The summed E-state index contributed by atoms with van der Waals surface area (Å²) in [5.74, 6) is -0.220. The van der Waals surface area contributed by atoms with Crippen molar-refractivity contribution in [2.24, 2.45) is 5.41 Å². The van der Waals surface area contributed by atoms with E-state index in [1.165, 1.54) is 0 Å². The van der Waals surface area contributed by atoms with Crippen LogP contribution in [0, 0.1) is 5.41 Å². The quantitative estimate of drug-likeness (QED) is 0.540. The third kappa shape index (κ3) is 1.58. The first kappa shape index (κ1) is 11.4. The van der Waals surface area contributed by atoms with Gasteiger partial charge in [-0.25, -0.2) is 0 Å². The van der Waals surface area contributed by atoms with Gasteiger partial charge in [0.15, 0.2) is 0 Å². The van der Waals surface area contributed by atoms with Crippen molar-refractivity contribution in [1.82, 2.24) is 0 Å². The summed E-state index contributed by atoms with van der Waals surface area (Å²) in [6.45, 7) is 1.81. The zero-order chi connectivity index (χ0) is 11.8. The molecule has 0 saturated carbocycles. The molecule has 4 heteroatoms. The normalized spacial score (nSPS) is 32.9. The molecule has 0 aromatic heterocycles. The van der Waals surface area contributed by atoms with E-state index in [9.17, 15) is 4.79 Å². The van der Waals surface area contributed by atoms with Crippen LogP contribution >= 0.6 is 0 Å². The van der Waals surface area contributed by atoms with Gasteiger partial charge in [-0.05, 0) is 18.9 Å². The van der Waals surface area contributed by atoms with E-state index in [1.54, 1.807) is 0 Å². The van der Waals surface area contributed by atoms with Gasteiger partial charge < -0.3 is 14.9 Å². The summed E-state index contributed by atoms with van der Waals surface area (Å²) in [5.41, 5.74) is 1.14. The van der Waals surface area contributed by atoms with Gasteiger partial charge in [-0.3, -0.25) is 4.79 Å². The Morgan fingerprint density at radius 2 is 2.44 bits per heavy atom. The molecule has 2 aliphatic rings. The van der Waals surface area contributed by atoms with Gasteiger partial charge in [0.25, 0.3) is 0 Å². The first-order valence-corrected chi connectivity index (χ1v) is 5.41. The number of rotatable bonds is 4. The second kappa shape index (κ2) is 4.03. The molecule has 0 spiro atoms. The molecule has 2 unspecified atom stereocenters. The monoisotopic (exact) mass is 224 g/mol. The highest BCUT2D eigenvalue weighted by atomic mass is 16.6. The summed E-state index contributed by atoms with van der Waals surface area (Å²) in [6, 6.07) is 0. The van der Waals surface area contributed by atoms with E-state index >= 15 is 0 Å². The number of hydrogen-bond acceptors (Lipinski definition) is 4. The van der Waals surface area contributed by atoms with Gasteiger partial charge in [0.1, 0.15) is 11.5 Å². The summed E-state index contributed by atoms with van der Waals surface area (Å²) >= 11 is 0. The molecule has 1 fully saturated rings. The maximum absolute atomic E-state index is 11.6. The van der Waals surface area contributed by atoms with E-state index < -0.39 is 5.41 Å². The van der Waals surface area contributed by atoms with Crippen LogP contribution in [0.2, 0.25) is 0 Å². The number of fused-ring (bicyclic) bond motifs is 1. The fourth-order valence-corrected chi connectivity index (χ4v) is 2.25. The highest BCUT2D eigenvalue weighted by Crippen LogP contribution is 2.50. The first-order chi connectivity index (χ1) is 7.62.